The van der Waals surface area contributed by atoms with Crippen LogP contribution in [0.15, 0.2) is 52.4 Å². The average Bonchev–Trinajstić information content (AvgIpc) is 2.50. The minimum absolute atomic E-state index is 0. The SMILES string of the molecule is CSc1cccc(N(C)C(N)=Nc2cc(Cl)ccc2Cl)c1.Cl. The predicted molar refractivity (Wildman–Crippen MR) is 102 cm³/mol. The Labute approximate surface area is 150 Å². The van der Waals surface area contributed by atoms with E-state index in [0.717, 1.165) is 10.6 Å². The van der Waals surface area contributed by atoms with E-state index in [1.54, 1.807) is 34.9 Å². The van der Waals surface area contributed by atoms with Crippen molar-refractivity contribution in [2.75, 3.05) is 18.2 Å². The number of guanidine groups is 1. The lowest BCUT2D eigenvalue weighted by molar-refractivity contribution is 1.20. The van der Waals surface area contributed by atoms with E-state index >= 15 is 0 Å². The van der Waals surface area contributed by atoms with Gasteiger partial charge in [-0.25, -0.2) is 4.99 Å². The van der Waals surface area contributed by atoms with Crippen LogP contribution in [0.1, 0.15) is 0 Å². The van der Waals surface area contributed by atoms with Gasteiger partial charge >= 0.3 is 0 Å². The minimum atomic E-state index is 0. The van der Waals surface area contributed by atoms with Crippen LogP contribution in [0.25, 0.3) is 0 Å². The van der Waals surface area contributed by atoms with E-state index in [-0.39, 0.29) is 12.4 Å². The van der Waals surface area contributed by atoms with Crippen molar-refractivity contribution in [3.63, 3.8) is 0 Å². The van der Waals surface area contributed by atoms with Crippen molar-refractivity contribution >= 4 is 64.7 Å². The van der Waals surface area contributed by atoms with E-state index in [0.29, 0.717) is 21.7 Å². The molecule has 0 aliphatic rings. The van der Waals surface area contributed by atoms with Crippen LogP contribution >= 0.6 is 47.4 Å². The molecule has 0 saturated heterocycles. The van der Waals surface area contributed by atoms with Crippen molar-refractivity contribution in [2.45, 2.75) is 4.90 Å². The summed E-state index contributed by atoms with van der Waals surface area (Å²) in [7, 11) is 1.86. The van der Waals surface area contributed by atoms with Crippen LogP contribution in [-0.4, -0.2) is 19.3 Å². The van der Waals surface area contributed by atoms with Gasteiger partial charge in [-0.3, -0.25) is 0 Å². The van der Waals surface area contributed by atoms with Crippen molar-refractivity contribution in [1.29, 1.82) is 0 Å². The van der Waals surface area contributed by atoms with E-state index < -0.39 is 0 Å². The number of hydrogen-bond donors (Lipinski definition) is 1. The zero-order valence-electron chi connectivity index (χ0n) is 12.1. The number of benzene rings is 2. The van der Waals surface area contributed by atoms with Gasteiger partial charge in [0.25, 0.3) is 0 Å². The summed E-state index contributed by atoms with van der Waals surface area (Å²) in [5, 5.41) is 1.08. The highest BCUT2D eigenvalue weighted by atomic mass is 35.5. The zero-order valence-corrected chi connectivity index (χ0v) is 15.2. The molecule has 118 valence electrons. The van der Waals surface area contributed by atoms with Gasteiger partial charge in [-0.15, -0.1) is 24.2 Å². The summed E-state index contributed by atoms with van der Waals surface area (Å²) in [6.45, 7) is 0. The number of hydrogen-bond acceptors (Lipinski definition) is 2. The van der Waals surface area contributed by atoms with E-state index in [1.165, 1.54) is 0 Å². The molecule has 0 radical (unpaired) electrons. The first-order chi connectivity index (χ1) is 10.0. The Morgan fingerprint density at radius 2 is 1.91 bits per heavy atom. The first-order valence-electron chi connectivity index (χ1n) is 6.18. The van der Waals surface area contributed by atoms with Crippen LogP contribution in [-0.2, 0) is 0 Å². The van der Waals surface area contributed by atoms with Gasteiger partial charge in [0.15, 0.2) is 0 Å². The molecule has 0 fully saturated rings. The van der Waals surface area contributed by atoms with Gasteiger partial charge in [0.1, 0.15) is 0 Å². The minimum Gasteiger partial charge on any atom is -0.369 e. The molecule has 0 heterocycles. The Balaban J connectivity index is 0.00000242. The number of thioether (sulfide) groups is 1. The second kappa shape index (κ2) is 8.53. The summed E-state index contributed by atoms with van der Waals surface area (Å²) in [6, 6.07) is 13.1. The maximum atomic E-state index is 6.10. The fraction of sp³-hybridized carbons (Fsp3) is 0.133. The highest BCUT2D eigenvalue weighted by Crippen LogP contribution is 2.28. The molecule has 2 aromatic rings. The lowest BCUT2D eigenvalue weighted by Gasteiger charge is -2.19. The molecular weight excluding hydrogens is 361 g/mol. The van der Waals surface area contributed by atoms with Crippen LogP contribution < -0.4 is 10.6 Å². The number of anilines is 1. The smallest absolute Gasteiger partial charge is 0.200 e. The normalized spacial score (nSPS) is 11.0. The monoisotopic (exact) mass is 375 g/mol. The van der Waals surface area contributed by atoms with Gasteiger partial charge in [0, 0.05) is 22.7 Å². The first-order valence-corrected chi connectivity index (χ1v) is 8.16. The Kier molecular flexibility index (Phi) is 7.36. The van der Waals surface area contributed by atoms with Gasteiger partial charge < -0.3 is 10.6 Å². The van der Waals surface area contributed by atoms with Gasteiger partial charge in [-0.1, -0.05) is 29.3 Å². The van der Waals surface area contributed by atoms with Gasteiger partial charge in [-0.05, 0) is 42.7 Å². The standard InChI is InChI=1S/C15H15Cl2N3S.ClH/c1-20(11-4-3-5-12(9-11)21-2)15(18)19-14-8-10(16)6-7-13(14)17;/h3-9H,1-2H3,(H2,18,19);1H. The van der Waals surface area contributed by atoms with Crippen molar-refractivity contribution < 1.29 is 0 Å². The van der Waals surface area contributed by atoms with Gasteiger partial charge in [0.2, 0.25) is 5.96 Å². The average molecular weight is 377 g/mol. The third kappa shape index (κ3) is 4.71. The summed E-state index contributed by atoms with van der Waals surface area (Å²) < 4.78 is 0. The molecule has 0 aromatic heterocycles. The Bertz CT molecular complexity index is 677. The quantitative estimate of drug-likeness (QED) is 0.453. The van der Waals surface area contributed by atoms with Gasteiger partial charge in [0.05, 0.1) is 10.7 Å². The molecule has 0 aliphatic heterocycles. The Morgan fingerprint density at radius 1 is 1.18 bits per heavy atom. The number of nitrogens with zero attached hydrogens (tertiary/aromatic N) is 2. The summed E-state index contributed by atoms with van der Waals surface area (Å²) in [5.41, 5.74) is 7.57. The molecule has 2 rings (SSSR count). The second-order valence-electron chi connectivity index (χ2n) is 4.33. The topological polar surface area (TPSA) is 41.6 Å². The van der Waals surface area contributed by atoms with Gasteiger partial charge in [-0.2, -0.15) is 0 Å². The lowest BCUT2D eigenvalue weighted by Crippen LogP contribution is -2.33. The number of nitrogens with two attached hydrogens (primary N) is 1. The highest BCUT2D eigenvalue weighted by Gasteiger charge is 2.08. The van der Waals surface area contributed by atoms with Crippen molar-refractivity contribution in [3.05, 3.63) is 52.5 Å². The summed E-state index contributed by atoms with van der Waals surface area (Å²) >= 11 is 13.7. The summed E-state index contributed by atoms with van der Waals surface area (Å²) in [5.74, 6) is 0.345. The van der Waals surface area contributed by atoms with Crippen LogP contribution in [0.3, 0.4) is 0 Å². The number of halogens is 3. The first kappa shape index (κ1) is 19.0. The fourth-order valence-corrected chi connectivity index (χ4v) is 2.50. The van der Waals surface area contributed by atoms with Crippen LogP contribution in [0, 0.1) is 0 Å². The van der Waals surface area contributed by atoms with Crippen molar-refractivity contribution in [2.24, 2.45) is 10.7 Å². The van der Waals surface area contributed by atoms with Crippen LogP contribution in [0.4, 0.5) is 11.4 Å². The molecule has 0 bridgehead atoms. The second-order valence-corrected chi connectivity index (χ2v) is 6.05. The largest absolute Gasteiger partial charge is 0.369 e. The molecule has 0 aliphatic carbocycles. The molecule has 7 heteroatoms. The third-order valence-electron chi connectivity index (χ3n) is 2.93. The molecule has 0 atom stereocenters. The molecule has 0 amide bonds. The Morgan fingerprint density at radius 3 is 2.59 bits per heavy atom. The number of rotatable bonds is 3. The van der Waals surface area contributed by atoms with Crippen LogP contribution in [0.5, 0.6) is 0 Å². The molecule has 0 spiro atoms. The summed E-state index contributed by atoms with van der Waals surface area (Å²) in [4.78, 5) is 7.31. The van der Waals surface area contributed by atoms with Crippen molar-refractivity contribution in [1.82, 2.24) is 0 Å². The van der Waals surface area contributed by atoms with Crippen LogP contribution in [0.2, 0.25) is 10.0 Å². The molecule has 2 aromatic carbocycles. The zero-order chi connectivity index (χ0) is 15.4. The predicted octanol–water partition coefficient (Wildman–Crippen LogP) is 5.22. The van der Waals surface area contributed by atoms with E-state index in [9.17, 15) is 0 Å². The highest BCUT2D eigenvalue weighted by molar-refractivity contribution is 7.98. The maximum absolute atomic E-state index is 6.10. The molecule has 0 unspecified atom stereocenters. The molecular formula is C15H16Cl3N3S. The van der Waals surface area contributed by atoms with E-state index in [4.69, 9.17) is 28.9 Å². The maximum Gasteiger partial charge on any atom is 0.200 e. The molecule has 0 saturated carbocycles. The summed E-state index contributed by atoms with van der Waals surface area (Å²) in [6.07, 6.45) is 2.03. The third-order valence-corrected chi connectivity index (χ3v) is 4.21. The van der Waals surface area contributed by atoms with E-state index in [2.05, 4.69) is 4.99 Å². The van der Waals surface area contributed by atoms with E-state index in [1.807, 2.05) is 37.6 Å². The molecule has 3 nitrogen and oxygen atoms in total. The number of aliphatic imine (C=N–C) groups is 1. The Hall–Kier alpha value is -1.07. The fourth-order valence-electron chi connectivity index (χ4n) is 1.72. The molecule has 22 heavy (non-hydrogen) atoms. The lowest BCUT2D eigenvalue weighted by atomic mass is 10.3. The van der Waals surface area contributed by atoms with Crippen molar-refractivity contribution in [3.8, 4) is 0 Å². The molecule has 2 N–H and O–H groups in total.